The van der Waals surface area contributed by atoms with E-state index in [0.717, 1.165) is 15.8 Å². The first kappa shape index (κ1) is 20.3. The number of hydrogen-bond donors (Lipinski definition) is 1. The third-order valence-electron chi connectivity index (χ3n) is 5.54. The second-order valence-electron chi connectivity index (χ2n) is 7.70. The molecule has 5 rings (SSSR count). The Kier molecular flexibility index (Phi) is 5.87. The van der Waals surface area contributed by atoms with E-state index in [1.165, 1.54) is 33.4 Å². The van der Waals surface area contributed by atoms with E-state index < -0.39 is 0 Å². The minimum Gasteiger partial charge on any atom is -0.356 e. The normalized spacial score (nSPS) is 10.7. The zero-order valence-electron chi connectivity index (χ0n) is 17.5. The maximum Gasteiger partial charge on any atom is 0.0390 e. The molecule has 1 nitrogen and oxygen atoms in total. The Hall–Kier alpha value is -3.62. The molecule has 0 aliphatic heterocycles. The smallest absolute Gasteiger partial charge is 0.0390 e. The fraction of sp³-hybridized carbons (Fsp3) is 0. The molecule has 0 atom stereocenters. The van der Waals surface area contributed by atoms with Crippen LogP contribution in [0.5, 0.6) is 0 Å². The average molecular weight is 476 g/mol. The van der Waals surface area contributed by atoms with Crippen LogP contribution in [0.15, 0.2) is 132 Å². The molecule has 0 aliphatic rings. The van der Waals surface area contributed by atoms with E-state index in [1.807, 2.05) is 18.2 Å². The summed E-state index contributed by atoms with van der Waals surface area (Å²) < 4.78 is 1.07. The van der Waals surface area contributed by atoms with Gasteiger partial charge in [-0.1, -0.05) is 107 Å². The first-order valence-corrected chi connectivity index (χ1v) is 11.4. The molecule has 0 amide bonds. The number of rotatable bonds is 5. The molecule has 0 radical (unpaired) electrons. The van der Waals surface area contributed by atoms with Crippen molar-refractivity contribution in [2.24, 2.45) is 0 Å². The number of halogens is 1. The van der Waals surface area contributed by atoms with Crippen LogP contribution in [0, 0.1) is 0 Å². The predicted octanol–water partition coefficient (Wildman–Crippen LogP) is 9.19. The Morgan fingerprint density at radius 3 is 1.56 bits per heavy atom. The first-order valence-electron chi connectivity index (χ1n) is 10.6. The molecule has 0 aromatic heterocycles. The third kappa shape index (κ3) is 4.51. The minimum absolute atomic E-state index is 1.06. The predicted molar refractivity (Wildman–Crippen MR) is 140 cm³/mol. The fourth-order valence-corrected chi connectivity index (χ4v) is 4.17. The van der Waals surface area contributed by atoms with E-state index in [-0.39, 0.29) is 0 Å². The molecule has 0 spiro atoms. The second-order valence-corrected chi connectivity index (χ2v) is 8.62. The van der Waals surface area contributed by atoms with Crippen LogP contribution >= 0.6 is 15.9 Å². The van der Waals surface area contributed by atoms with E-state index in [0.29, 0.717) is 0 Å². The Balaban J connectivity index is 1.55. The van der Waals surface area contributed by atoms with Crippen LogP contribution in [0.2, 0.25) is 0 Å². The number of nitrogens with one attached hydrogen (secondary N) is 1. The van der Waals surface area contributed by atoms with Crippen molar-refractivity contribution in [3.63, 3.8) is 0 Å². The van der Waals surface area contributed by atoms with Gasteiger partial charge in [0.2, 0.25) is 0 Å². The van der Waals surface area contributed by atoms with Crippen molar-refractivity contribution in [1.29, 1.82) is 0 Å². The zero-order valence-corrected chi connectivity index (χ0v) is 19.1. The largest absolute Gasteiger partial charge is 0.356 e. The molecule has 1 N–H and O–H groups in total. The Morgan fingerprint density at radius 2 is 0.906 bits per heavy atom. The average Bonchev–Trinajstić information content (AvgIpc) is 2.87. The minimum atomic E-state index is 1.06. The molecule has 0 saturated carbocycles. The second kappa shape index (κ2) is 9.25. The summed E-state index contributed by atoms with van der Waals surface area (Å²) in [7, 11) is 0. The lowest BCUT2D eigenvalue weighted by Gasteiger charge is -2.15. The van der Waals surface area contributed by atoms with E-state index >= 15 is 0 Å². The van der Waals surface area contributed by atoms with E-state index in [9.17, 15) is 0 Å². The van der Waals surface area contributed by atoms with E-state index in [2.05, 4.69) is 130 Å². The van der Waals surface area contributed by atoms with Crippen LogP contribution in [-0.2, 0) is 0 Å². The van der Waals surface area contributed by atoms with Crippen LogP contribution in [-0.4, -0.2) is 0 Å². The maximum absolute atomic E-state index is 3.54. The molecule has 0 unspecified atom stereocenters. The van der Waals surface area contributed by atoms with Crippen LogP contribution < -0.4 is 5.32 Å². The summed E-state index contributed by atoms with van der Waals surface area (Å²) in [6.45, 7) is 0. The van der Waals surface area contributed by atoms with Crippen molar-refractivity contribution in [2.45, 2.75) is 0 Å². The molecular formula is C30H22BrN. The highest BCUT2D eigenvalue weighted by molar-refractivity contribution is 9.10. The highest BCUT2D eigenvalue weighted by atomic mass is 79.9. The van der Waals surface area contributed by atoms with Crippen molar-refractivity contribution in [3.8, 4) is 33.4 Å². The Morgan fingerprint density at radius 1 is 0.406 bits per heavy atom. The molecule has 0 heterocycles. The SMILES string of the molecule is Brc1ccc(Nc2ccc(-c3ccccc3)c(-c3ccc(-c4ccccc4)cc3)c2)cc1. The van der Waals surface area contributed by atoms with E-state index in [1.54, 1.807) is 0 Å². The van der Waals surface area contributed by atoms with Gasteiger partial charge in [0.05, 0.1) is 0 Å². The fourth-order valence-electron chi connectivity index (χ4n) is 3.90. The molecular weight excluding hydrogens is 454 g/mol. The lowest BCUT2D eigenvalue weighted by molar-refractivity contribution is 1.52. The quantitative estimate of drug-likeness (QED) is 0.267. The summed E-state index contributed by atoms with van der Waals surface area (Å²) in [5.41, 5.74) is 9.41. The van der Waals surface area contributed by atoms with Crippen molar-refractivity contribution in [3.05, 3.63) is 132 Å². The molecule has 0 bridgehead atoms. The van der Waals surface area contributed by atoms with Crippen LogP contribution in [0.1, 0.15) is 0 Å². The van der Waals surface area contributed by atoms with Crippen molar-refractivity contribution >= 4 is 27.3 Å². The molecule has 0 fully saturated rings. The zero-order chi connectivity index (χ0) is 21.8. The van der Waals surface area contributed by atoms with Crippen molar-refractivity contribution in [2.75, 3.05) is 5.32 Å². The van der Waals surface area contributed by atoms with Gasteiger partial charge in [0.15, 0.2) is 0 Å². The van der Waals surface area contributed by atoms with Gasteiger partial charge >= 0.3 is 0 Å². The Bertz CT molecular complexity index is 1310. The molecule has 5 aromatic rings. The van der Waals surface area contributed by atoms with Gasteiger partial charge in [-0.2, -0.15) is 0 Å². The van der Waals surface area contributed by atoms with Gasteiger partial charge in [-0.3, -0.25) is 0 Å². The maximum atomic E-state index is 3.54. The monoisotopic (exact) mass is 475 g/mol. The highest BCUT2D eigenvalue weighted by Crippen LogP contribution is 2.36. The third-order valence-corrected chi connectivity index (χ3v) is 6.07. The number of hydrogen-bond acceptors (Lipinski definition) is 1. The summed E-state index contributed by atoms with van der Waals surface area (Å²) in [5.74, 6) is 0. The standard InChI is InChI=1S/C30H22BrN/c31-26-15-17-27(18-16-26)32-28-19-20-29(24-9-5-2-6-10-24)30(21-28)25-13-11-23(12-14-25)22-7-3-1-4-8-22/h1-21,32H. The lowest BCUT2D eigenvalue weighted by Crippen LogP contribution is -1.93. The summed E-state index contributed by atoms with van der Waals surface area (Å²) in [6, 6.07) is 44.7. The molecule has 154 valence electrons. The molecule has 32 heavy (non-hydrogen) atoms. The first-order chi connectivity index (χ1) is 15.8. The molecule has 0 aliphatic carbocycles. The van der Waals surface area contributed by atoms with Gasteiger partial charge in [0, 0.05) is 15.8 Å². The van der Waals surface area contributed by atoms with Crippen LogP contribution in [0.3, 0.4) is 0 Å². The van der Waals surface area contributed by atoms with Gasteiger partial charge in [-0.15, -0.1) is 0 Å². The van der Waals surface area contributed by atoms with Crippen LogP contribution in [0.4, 0.5) is 11.4 Å². The summed E-state index contributed by atoms with van der Waals surface area (Å²) in [4.78, 5) is 0. The topological polar surface area (TPSA) is 12.0 Å². The lowest BCUT2D eigenvalue weighted by atomic mass is 9.93. The molecule has 2 heteroatoms. The van der Waals surface area contributed by atoms with Gasteiger partial charge < -0.3 is 5.32 Å². The number of benzene rings is 5. The van der Waals surface area contributed by atoms with Gasteiger partial charge in [0.1, 0.15) is 0 Å². The van der Waals surface area contributed by atoms with Crippen LogP contribution in [0.25, 0.3) is 33.4 Å². The van der Waals surface area contributed by atoms with E-state index in [4.69, 9.17) is 0 Å². The van der Waals surface area contributed by atoms with Gasteiger partial charge in [-0.25, -0.2) is 0 Å². The van der Waals surface area contributed by atoms with Crippen molar-refractivity contribution in [1.82, 2.24) is 0 Å². The molecule has 5 aromatic carbocycles. The summed E-state index contributed by atoms with van der Waals surface area (Å²) >= 11 is 3.50. The molecule has 0 saturated heterocycles. The Labute approximate surface area is 197 Å². The summed E-state index contributed by atoms with van der Waals surface area (Å²) in [5, 5.41) is 3.54. The van der Waals surface area contributed by atoms with Gasteiger partial charge in [0.25, 0.3) is 0 Å². The van der Waals surface area contributed by atoms with Crippen molar-refractivity contribution < 1.29 is 0 Å². The highest BCUT2D eigenvalue weighted by Gasteiger charge is 2.10. The van der Waals surface area contributed by atoms with Gasteiger partial charge in [-0.05, 0) is 69.8 Å². The summed E-state index contributed by atoms with van der Waals surface area (Å²) in [6.07, 6.45) is 0. The number of anilines is 2.